The number of aliphatic hydroxyl groups excluding tert-OH is 1. The van der Waals surface area contributed by atoms with Crippen LogP contribution in [0.25, 0.3) is 22.3 Å². The van der Waals surface area contributed by atoms with Gasteiger partial charge in [0.05, 0.1) is 0 Å². The normalized spacial score (nSPS) is 17.1. The molecule has 206 valence electrons. The Morgan fingerprint density at radius 1 is 0.949 bits per heavy atom. The van der Waals surface area contributed by atoms with Crippen LogP contribution in [0.5, 0.6) is 5.75 Å². The number of carbonyl (C=O) groups excluding carboxylic acids is 1. The van der Waals surface area contributed by atoms with Crippen molar-refractivity contribution in [2.45, 2.75) is 77.6 Å². The van der Waals surface area contributed by atoms with Gasteiger partial charge < -0.3 is 9.84 Å². The van der Waals surface area contributed by atoms with E-state index in [9.17, 15) is 9.90 Å². The van der Waals surface area contributed by atoms with Crippen LogP contribution < -0.4 is 4.74 Å². The molecule has 1 aliphatic carbocycles. The third kappa shape index (κ3) is 7.45. The van der Waals surface area contributed by atoms with Crippen molar-refractivity contribution in [3.05, 3.63) is 89.8 Å². The number of rotatable bonds is 11. The number of benzene rings is 3. The Kier molecular flexibility index (Phi) is 10.1. The van der Waals surface area contributed by atoms with Crippen LogP contribution >= 0.6 is 0 Å². The molecule has 0 saturated heterocycles. The van der Waals surface area contributed by atoms with Crippen molar-refractivity contribution in [3.63, 3.8) is 0 Å². The third-order valence-corrected chi connectivity index (χ3v) is 8.04. The van der Waals surface area contributed by atoms with Crippen LogP contribution in [0.3, 0.4) is 0 Å². The maximum Gasteiger partial charge on any atom is 0.338 e. The van der Waals surface area contributed by atoms with Gasteiger partial charge in [0.25, 0.3) is 0 Å². The molecule has 0 spiro atoms. The minimum Gasteiger partial charge on any atom is -0.423 e. The van der Waals surface area contributed by atoms with Crippen LogP contribution in [0.4, 0.5) is 4.39 Å². The zero-order valence-corrected chi connectivity index (χ0v) is 23.3. The predicted molar refractivity (Wildman–Crippen MR) is 157 cm³/mol. The van der Waals surface area contributed by atoms with Gasteiger partial charge in [-0.25, -0.2) is 9.18 Å². The number of halogens is 1. The molecule has 0 bridgehead atoms. The maximum absolute atomic E-state index is 15.5. The quantitative estimate of drug-likeness (QED) is 0.117. The first-order valence-corrected chi connectivity index (χ1v) is 14.4. The van der Waals surface area contributed by atoms with Gasteiger partial charge >= 0.3 is 5.97 Å². The van der Waals surface area contributed by atoms with Crippen LogP contribution in [-0.2, 0) is 11.2 Å². The lowest BCUT2D eigenvalue weighted by Crippen LogP contribution is -2.13. The molecule has 1 fully saturated rings. The van der Waals surface area contributed by atoms with Gasteiger partial charge in [0.2, 0.25) is 0 Å². The van der Waals surface area contributed by atoms with Crippen molar-refractivity contribution in [3.8, 4) is 28.0 Å². The van der Waals surface area contributed by atoms with E-state index in [0.29, 0.717) is 34.8 Å². The smallest absolute Gasteiger partial charge is 0.338 e. The summed E-state index contributed by atoms with van der Waals surface area (Å²) in [7, 11) is 0. The highest BCUT2D eigenvalue weighted by Crippen LogP contribution is 2.40. The van der Waals surface area contributed by atoms with Crippen molar-refractivity contribution in [1.29, 1.82) is 0 Å². The van der Waals surface area contributed by atoms with E-state index < -0.39 is 5.97 Å². The van der Waals surface area contributed by atoms with E-state index in [-0.39, 0.29) is 12.4 Å². The fraction of sp³-hybridized carbons (Fsp3) is 0.400. The second-order valence-corrected chi connectivity index (χ2v) is 11.0. The molecule has 0 unspecified atom stereocenters. The van der Waals surface area contributed by atoms with Gasteiger partial charge in [-0.2, -0.15) is 0 Å². The molecular formula is C35H41FO3. The molecule has 3 aromatic rings. The molecule has 3 aromatic carbocycles. The molecule has 0 aromatic heterocycles. The monoisotopic (exact) mass is 528 g/mol. The van der Waals surface area contributed by atoms with E-state index in [1.165, 1.54) is 38.5 Å². The van der Waals surface area contributed by atoms with E-state index >= 15 is 4.39 Å². The van der Waals surface area contributed by atoms with Crippen molar-refractivity contribution < 1.29 is 19.0 Å². The highest BCUT2D eigenvalue weighted by molar-refractivity contribution is 5.90. The third-order valence-electron chi connectivity index (χ3n) is 8.04. The molecule has 4 rings (SSSR count). The van der Waals surface area contributed by atoms with Gasteiger partial charge in [0.1, 0.15) is 11.6 Å². The highest BCUT2D eigenvalue weighted by atomic mass is 19.1. The Balaban J connectivity index is 1.56. The van der Waals surface area contributed by atoms with Crippen molar-refractivity contribution in [2.75, 3.05) is 6.61 Å². The summed E-state index contributed by atoms with van der Waals surface area (Å²) in [6.07, 6.45) is 10.5. The Morgan fingerprint density at radius 3 is 2.28 bits per heavy atom. The summed E-state index contributed by atoms with van der Waals surface area (Å²) < 4.78 is 21.2. The number of unbranched alkanes of at least 4 members (excludes halogenated alkanes) is 2. The van der Waals surface area contributed by atoms with Crippen LogP contribution in [-0.4, -0.2) is 17.7 Å². The number of carbonyl (C=O) groups is 1. The summed E-state index contributed by atoms with van der Waals surface area (Å²) >= 11 is 0. The Bertz CT molecular complexity index is 1270. The van der Waals surface area contributed by atoms with Crippen molar-refractivity contribution >= 4 is 5.97 Å². The lowest BCUT2D eigenvalue weighted by molar-refractivity contribution is -0.130. The standard InChI is InChI=1S/C35H41FO3/c1-4-5-6-7-25-8-12-27(13-9-25)29-16-18-31(33(36)22-29)30-17-19-32(34(23-30)39-35(38)24(2)3)28-14-10-26(11-15-28)20-21-37/h10-11,14-19,22-23,25,27,37H,2,4-9,12-13,20-21H2,1,3H3. The van der Waals surface area contributed by atoms with Crippen LogP contribution in [0.15, 0.2) is 72.8 Å². The molecule has 1 N–H and O–H groups in total. The minimum absolute atomic E-state index is 0.0835. The average Bonchev–Trinajstić information content (AvgIpc) is 2.94. The first kappa shape index (κ1) is 28.8. The summed E-state index contributed by atoms with van der Waals surface area (Å²) in [5.74, 6) is 0.823. The van der Waals surface area contributed by atoms with Crippen LogP contribution in [0.1, 0.15) is 82.3 Å². The fourth-order valence-electron chi connectivity index (χ4n) is 5.67. The molecule has 0 atom stereocenters. The van der Waals surface area contributed by atoms with Gasteiger partial charge in [0.15, 0.2) is 0 Å². The van der Waals surface area contributed by atoms with Gasteiger partial charge in [-0.15, -0.1) is 0 Å². The van der Waals surface area contributed by atoms with Gasteiger partial charge in [-0.05, 0) is 85.3 Å². The SMILES string of the molecule is C=C(C)C(=O)Oc1cc(-c2ccc(C3CCC(CCCCC)CC3)cc2F)ccc1-c1ccc(CCO)cc1. The van der Waals surface area contributed by atoms with Gasteiger partial charge in [-0.3, -0.25) is 0 Å². The van der Waals surface area contributed by atoms with Gasteiger partial charge in [0, 0.05) is 23.3 Å². The summed E-state index contributed by atoms with van der Waals surface area (Å²) in [5.41, 5.74) is 5.14. The predicted octanol–water partition coefficient (Wildman–Crippen LogP) is 9.03. The molecule has 4 heteroatoms. The lowest BCUT2D eigenvalue weighted by Gasteiger charge is -2.29. The molecule has 0 aliphatic heterocycles. The topological polar surface area (TPSA) is 46.5 Å². The average molecular weight is 529 g/mol. The molecule has 1 saturated carbocycles. The number of hydrogen-bond donors (Lipinski definition) is 1. The van der Waals surface area contributed by atoms with E-state index in [1.54, 1.807) is 19.1 Å². The van der Waals surface area contributed by atoms with Crippen molar-refractivity contribution in [1.82, 2.24) is 0 Å². The summed E-state index contributed by atoms with van der Waals surface area (Å²) in [6, 6.07) is 18.9. The Hall–Kier alpha value is -3.24. The molecule has 3 nitrogen and oxygen atoms in total. The van der Waals surface area contributed by atoms with Crippen LogP contribution in [0.2, 0.25) is 0 Å². The van der Waals surface area contributed by atoms with Gasteiger partial charge in [-0.1, -0.05) is 87.7 Å². The highest BCUT2D eigenvalue weighted by Gasteiger charge is 2.23. The summed E-state index contributed by atoms with van der Waals surface area (Å²) in [4.78, 5) is 12.4. The molecule has 0 amide bonds. The van der Waals surface area contributed by atoms with Crippen LogP contribution in [0, 0.1) is 11.7 Å². The first-order chi connectivity index (χ1) is 18.9. The second-order valence-electron chi connectivity index (χ2n) is 11.0. The second kappa shape index (κ2) is 13.7. The molecule has 0 heterocycles. The zero-order chi connectivity index (χ0) is 27.8. The summed E-state index contributed by atoms with van der Waals surface area (Å²) in [6.45, 7) is 7.63. The first-order valence-electron chi connectivity index (χ1n) is 14.4. The largest absolute Gasteiger partial charge is 0.423 e. The van der Waals surface area contributed by atoms with E-state index in [2.05, 4.69) is 19.6 Å². The van der Waals surface area contributed by atoms with E-state index in [4.69, 9.17) is 4.74 Å². The number of esters is 1. The Morgan fingerprint density at radius 2 is 1.64 bits per heavy atom. The molecule has 39 heavy (non-hydrogen) atoms. The van der Waals surface area contributed by atoms with Crippen molar-refractivity contribution in [2.24, 2.45) is 5.92 Å². The molecule has 0 radical (unpaired) electrons. The number of aliphatic hydroxyl groups is 1. The maximum atomic E-state index is 15.5. The number of ether oxygens (including phenoxy) is 1. The fourth-order valence-corrected chi connectivity index (χ4v) is 5.67. The Labute approximate surface area is 232 Å². The lowest BCUT2D eigenvalue weighted by atomic mass is 9.77. The molecular weight excluding hydrogens is 487 g/mol. The zero-order valence-electron chi connectivity index (χ0n) is 23.3. The van der Waals surface area contributed by atoms with E-state index in [1.807, 2.05) is 42.5 Å². The molecule has 1 aliphatic rings. The number of hydrogen-bond acceptors (Lipinski definition) is 3. The minimum atomic E-state index is -0.522. The summed E-state index contributed by atoms with van der Waals surface area (Å²) in [5, 5.41) is 9.20. The van der Waals surface area contributed by atoms with E-state index in [0.717, 1.165) is 41.0 Å².